The average molecular weight is 480 g/mol. The molecule has 174 valence electrons. The molecule has 0 atom stereocenters. The Bertz CT molecular complexity index is 1430. The van der Waals surface area contributed by atoms with E-state index >= 15 is 0 Å². The van der Waals surface area contributed by atoms with Gasteiger partial charge in [-0.25, -0.2) is 28.1 Å². The SMILES string of the molecule is CS(=O)(=O)c1ccc(-n2ncc3c(OC4CCN(C(=O)c5cnccn5)CC4)ncnc32)cc1. The number of hydrogen-bond acceptors (Lipinski definition) is 9. The molecular weight excluding hydrogens is 458 g/mol. The summed E-state index contributed by atoms with van der Waals surface area (Å²) in [6.45, 7) is 1.08. The minimum absolute atomic E-state index is 0.110. The summed E-state index contributed by atoms with van der Waals surface area (Å²) in [6.07, 6.45) is 9.90. The molecule has 1 amide bonds. The van der Waals surface area contributed by atoms with Crippen molar-refractivity contribution in [1.29, 1.82) is 0 Å². The van der Waals surface area contributed by atoms with Gasteiger partial charge in [-0.15, -0.1) is 0 Å². The number of aromatic nitrogens is 6. The Hall–Kier alpha value is -3.93. The molecule has 1 fully saturated rings. The van der Waals surface area contributed by atoms with Gasteiger partial charge >= 0.3 is 0 Å². The fraction of sp³-hybridized carbons (Fsp3) is 0.273. The third kappa shape index (κ3) is 4.31. The molecule has 0 bridgehead atoms. The summed E-state index contributed by atoms with van der Waals surface area (Å²) in [4.78, 5) is 31.2. The molecule has 1 aromatic carbocycles. The van der Waals surface area contributed by atoms with Crippen molar-refractivity contribution < 1.29 is 17.9 Å². The number of sulfone groups is 1. The Morgan fingerprint density at radius 3 is 2.47 bits per heavy atom. The van der Waals surface area contributed by atoms with E-state index in [1.165, 1.54) is 37.1 Å². The van der Waals surface area contributed by atoms with E-state index in [2.05, 4.69) is 25.0 Å². The fourth-order valence-electron chi connectivity index (χ4n) is 3.85. The van der Waals surface area contributed by atoms with Crippen LogP contribution in [0.2, 0.25) is 0 Å². The summed E-state index contributed by atoms with van der Waals surface area (Å²) >= 11 is 0. The molecule has 0 spiro atoms. The van der Waals surface area contributed by atoms with E-state index < -0.39 is 9.84 Å². The second-order valence-corrected chi connectivity index (χ2v) is 9.95. The van der Waals surface area contributed by atoms with E-state index in [1.807, 2.05) is 0 Å². The quantitative estimate of drug-likeness (QED) is 0.419. The normalized spacial score (nSPS) is 14.9. The first-order chi connectivity index (χ1) is 16.4. The van der Waals surface area contributed by atoms with Crippen LogP contribution >= 0.6 is 0 Å². The van der Waals surface area contributed by atoms with E-state index in [0.29, 0.717) is 54.2 Å². The van der Waals surface area contributed by atoms with E-state index in [0.717, 1.165) is 6.26 Å². The Kier molecular flexibility index (Phi) is 5.65. The minimum atomic E-state index is -3.29. The van der Waals surface area contributed by atoms with Gasteiger partial charge < -0.3 is 9.64 Å². The molecule has 0 N–H and O–H groups in total. The van der Waals surface area contributed by atoms with Crippen molar-refractivity contribution in [3.05, 3.63) is 61.1 Å². The van der Waals surface area contributed by atoms with Gasteiger partial charge in [0.2, 0.25) is 5.88 Å². The molecule has 0 aliphatic carbocycles. The zero-order chi connectivity index (χ0) is 23.7. The second kappa shape index (κ2) is 8.78. The van der Waals surface area contributed by atoms with E-state index in [-0.39, 0.29) is 16.9 Å². The first kappa shape index (κ1) is 21.9. The van der Waals surface area contributed by atoms with Gasteiger partial charge in [0.1, 0.15) is 23.5 Å². The van der Waals surface area contributed by atoms with Gasteiger partial charge in [-0.1, -0.05) is 0 Å². The van der Waals surface area contributed by atoms with Crippen LogP contribution in [0.25, 0.3) is 16.7 Å². The molecule has 1 aliphatic rings. The molecule has 0 unspecified atom stereocenters. The van der Waals surface area contributed by atoms with E-state index in [1.54, 1.807) is 27.9 Å². The van der Waals surface area contributed by atoms with Gasteiger partial charge in [-0.3, -0.25) is 9.78 Å². The highest BCUT2D eigenvalue weighted by Crippen LogP contribution is 2.26. The molecule has 0 saturated carbocycles. The van der Waals surface area contributed by atoms with Crippen LogP contribution in [0, 0.1) is 0 Å². The molecule has 4 aromatic rings. The number of ether oxygens (including phenoxy) is 1. The molecule has 11 nitrogen and oxygen atoms in total. The lowest BCUT2D eigenvalue weighted by Crippen LogP contribution is -2.42. The Balaban J connectivity index is 1.30. The summed E-state index contributed by atoms with van der Waals surface area (Å²) in [6, 6.07) is 6.42. The number of fused-ring (bicyclic) bond motifs is 1. The molecule has 5 rings (SSSR count). The maximum atomic E-state index is 12.6. The summed E-state index contributed by atoms with van der Waals surface area (Å²) in [5.41, 5.74) is 1.55. The first-order valence-corrected chi connectivity index (χ1v) is 12.5. The number of carbonyl (C=O) groups excluding carboxylic acids is 1. The van der Waals surface area contributed by atoms with Crippen LogP contribution in [-0.2, 0) is 9.84 Å². The number of rotatable bonds is 5. The molecule has 0 radical (unpaired) electrons. The van der Waals surface area contributed by atoms with Crippen LogP contribution in [0.1, 0.15) is 23.3 Å². The molecule has 4 heterocycles. The van der Waals surface area contributed by atoms with Crippen LogP contribution in [-0.4, -0.2) is 74.4 Å². The zero-order valence-corrected chi connectivity index (χ0v) is 19.1. The van der Waals surface area contributed by atoms with Crippen LogP contribution in [0.15, 0.2) is 60.3 Å². The monoisotopic (exact) mass is 479 g/mol. The van der Waals surface area contributed by atoms with Gasteiger partial charge in [0.15, 0.2) is 15.5 Å². The second-order valence-electron chi connectivity index (χ2n) is 7.94. The van der Waals surface area contributed by atoms with Crippen LogP contribution in [0.4, 0.5) is 0 Å². The van der Waals surface area contributed by atoms with Gasteiger partial charge in [-0.05, 0) is 24.3 Å². The molecule has 1 saturated heterocycles. The van der Waals surface area contributed by atoms with E-state index in [4.69, 9.17) is 4.74 Å². The summed E-state index contributed by atoms with van der Waals surface area (Å²) in [7, 11) is -3.29. The summed E-state index contributed by atoms with van der Waals surface area (Å²) < 4.78 is 31.2. The molecular formula is C22H21N7O4S. The van der Waals surface area contributed by atoms with Crippen molar-refractivity contribution in [2.75, 3.05) is 19.3 Å². The minimum Gasteiger partial charge on any atom is -0.474 e. The standard InChI is InChI=1S/C22H21N7O4S/c1-34(31,32)17-4-2-15(3-5-17)29-20-18(12-27-29)21(26-14-25-20)33-16-6-10-28(11-7-16)22(30)19-13-23-8-9-24-19/h2-5,8-9,12-14,16H,6-7,10-11H2,1H3. The number of carbonyl (C=O) groups is 1. The Morgan fingerprint density at radius 1 is 1.03 bits per heavy atom. The van der Waals surface area contributed by atoms with Crippen molar-refractivity contribution in [2.45, 2.75) is 23.8 Å². The lowest BCUT2D eigenvalue weighted by molar-refractivity contribution is 0.0585. The van der Waals surface area contributed by atoms with Crippen LogP contribution in [0.3, 0.4) is 0 Å². The van der Waals surface area contributed by atoms with Gasteiger partial charge in [0.25, 0.3) is 5.91 Å². The molecule has 34 heavy (non-hydrogen) atoms. The van der Waals surface area contributed by atoms with Crippen molar-refractivity contribution in [3.63, 3.8) is 0 Å². The largest absolute Gasteiger partial charge is 0.474 e. The third-order valence-electron chi connectivity index (χ3n) is 5.63. The van der Waals surface area contributed by atoms with Crippen molar-refractivity contribution >= 4 is 26.8 Å². The van der Waals surface area contributed by atoms with Crippen LogP contribution < -0.4 is 4.74 Å². The lowest BCUT2D eigenvalue weighted by atomic mass is 10.1. The number of piperidine rings is 1. The predicted molar refractivity (Wildman–Crippen MR) is 121 cm³/mol. The number of hydrogen-bond donors (Lipinski definition) is 0. The summed E-state index contributed by atoms with van der Waals surface area (Å²) in [5.74, 6) is 0.279. The molecule has 12 heteroatoms. The highest BCUT2D eigenvalue weighted by Gasteiger charge is 2.26. The van der Waals surface area contributed by atoms with Crippen molar-refractivity contribution in [1.82, 2.24) is 34.6 Å². The number of nitrogens with zero attached hydrogens (tertiary/aromatic N) is 7. The number of likely N-dealkylation sites (tertiary alicyclic amines) is 1. The fourth-order valence-corrected chi connectivity index (χ4v) is 4.48. The Labute approximate surface area is 195 Å². The maximum absolute atomic E-state index is 12.6. The molecule has 1 aliphatic heterocycles. The van der Waals surface area contributed by atoms with Gasteiger partial charge in [-0.2, -0.15) is 5.10 Å². The topological polar surface area (TPSA) is 133 Å². The van der Waals surface area contributed by atoms with Crippen molar-refractivity contribution in [3.8, 4) is 11.6 Å². The zero-order valence-electron chi connectivity index (χ0n) is 18.3. The highest BCUT2D eigenvalue weighted by atomic mass is 32.2. The third-order valence-corrected chi connectivity index (χ3v) is 6.76. The summed E-state index contributed by atoms with van der Waals surface area (Å²) in [5, 5.41) is 5.05. The van der Waals surface area contributed by atoms with Crippen molar-refractivity contribution in [2.24, 2.45) is 0 Å². The number of amides is 1. The van der Waals surface area contributed by atoms with E-state index in [9.17, 15) is 13.2 Å². The highest BCUT2D eigenvalue weighted by molar-refractivity contribution is 7.90. The number of benzene rings is 1. The van der Waals surface area contributed by atoms with Crippen LogP contribution in [0.5, 0.6) is 5.88 Å². The maximum Gasteiger partial charge on any atom is 0.274 e. The first-order valence-electron chi connectivity index (χ1n) is 10.6. The Morgan fingerprint density at radius 2 is 1.79 bits per heavy atom. The van der Waals surface area contributed by atoms with Gasteiger partial charge in [0.05, 0.1) is 23.0 Å². The van der Waals surface area contributed by atoms with Gasteiger partial charge in [0, 0.05) is 44.6 Å². The molecule has 3 aromatic heterocycles. The lowest BCUT2D eigenvalue weighted by Gasteiger charge is -2.31. The predicted octanol–water partition coefficient (Wildman–Crippen LogP) is 1.69. The average Bonchev–Trinajstić information content (AvgIpc) is 3.29. The smallest absolute Gasteiger partial charge is 0.274 e.